The number of nitrogens with two attached hydrogens (primary N) is 1. The minimum Gasteiger partial charge on any atom is -0.480 e. The van der Waals surface area contributed by atoms with Crippen LogP contribution in [0.4, 0.5) is 0 Å². The standard InChI is InChI=1S/C20H30BClN2O4/c22-18-6-4-16(5-7-18)17-8-14-24(15-9-17)13-3-11-20(23,19(25)26)10-1-2-12-21(27)28/h4-8,27-28H,1-3,9-15,23H2,(H,25,26). The number of nitrogens with zero attached hydrogens (tertiary/aromatic N) is 1. The van der Waals surface area contributed by atoms with E-state index in [2.05, 4.69) is 11.0 Å². The highest BCUT2D eigenvalue weighted by Gasteiger charge is 2.33. The molecule has 0 aromatic heterocycles. The van der Waals surface area contributed by atoms with Gasteiger partial charge in [-0.3, -0.25) is 9.69 Å². The first-order valence-corrected chi connectivity index (χ1v) is 10.2. The van der Waals surface area contributed by atoms with Crippen LogP contribution in [0.1, 0.15) is 44.1 Å². The van der Waals surface area contributed by atoms with Crippen LogP contribution in [0.5, 0.6) is 0 Å². The van der Waals surface area contributed by atoms with E-state index < -0.39 is 18.6 Å². The molecule has 8 heteroatoms. The van der Waals surface area contributed by atoms with Crippen molar-refractivity contribution in [2.75, 3.05) is 19.6 Å². The van der Waals surface area contributed by atoms with Gasteiger partial charge in [-0.1, -0.05) is 42.7 Å². The van der Waals surface area contributed by atoms with Crippen LogP contribution < -0.4 is 5.73 Å². The Kier molecular flexibility index (Phi) is 8.98. The van der Waals surface area contributed by atoms with E-state index in [0.29, 0.717) is 25.7 Å². The summed E-state index contributed by atoms with van der Waals surface area (Å²) in [7, 11) is -1.35. The Hall–Kier alpha value is -1.38. The van der Waals surface area contributed by atoms with Gasteiger partial charge in [-0.05, 0) is 61.8 Å². The van der Waals surface area contributed by atoms with Crippen LogP contribution in [0.2, 0.25) is 11.3 Å². The second-order valence-corrected chi connectivity index (χ2v) is 8.01. The SMILES string of the molecule is NC(CCCCB(O)O)(CCCN1CC=C(c2ccc(Cl)cc2)CC1)C(=O)O. The van der Waals surface area contributed by atoms with Gasteiger partial charge in [0.1, 0.15) is 5.54 Å². The number of unbranched alkanes of at least 4 members (excludes halogenated alkanes) is 1. The van der Waals surface area contributed by atoms with Crippen molar-refractivity contribution in [3.05, 3.63) is 40.9 Å². The van der Waals surface area contributed by atoms with E-state index in [9.17, 15) is 9.90 Å². The summed E-state index contributed by atoms with van der Waals surface area (Å²) in [6, 6.07) is 7.88. The molecule has 2 rings (SSSR count). The summed E-state index contributed by atoms with van der Waals surface area (Å²) in [6.45, 7) is 2.59. The van der Waals surface area contributed by atoms with Crippen molar-refractivity contribution in [2.45, 2.75) is 50.4 Å². The largest absolute Gasteiger partial charge is 0.480 e. The topological polar surface area (TPSA) is 107 Å². The van der Waals surface area contributed by atoms with E-state index >= 15 is 0 Å². The number of aliphatic carboxylic acids is 1. The van der Waals surface area contributed by atoms with Crippen molar-refractivity contribution in [1.82, 2.24) is 4.90 Å². The fourth-order valence-electron chi connectivity index (χ4n) is 3.56. The molecule has 0 radical (unpaired) electrons. The van der Waals surface area contributed by atoms with Gasteiger partial charge in [-0.15, -0.1) is 0 Å². The van der Waals surface area contributed by atoms with Crippen molar-refractivity contribution in [1.29, 1.82) is 0 Å². The van der Waals surface area contributed by atoms with E-state index in [1.807, 2.05) is 24.3 Å². The Morgan fingerprint density at radius 3 is 2.43 bits per heavy atom. The van der Waals surface area contributed by atoms with Gasteiger partial charge >= 0.3 is 13.1 Å². The lowest BCUT2D eigenvalue weighted by molar-refractivity contribution is -0.144. The van der Waals surface area contributed by atoms with E-state index in [1.165, 1.54) is 11.1 Å². The van der Waals surface area contributed by atoms with Crippen LogP contribution in [0.25, 0.3) is 5.57 Å². The number of carboxylic acid groups (broad SMARTS) is 1. The minimum absolute atomic E-state index is 0.242. The molecular formula is C20H30BClN2O4. The molecule has 28 heavy (non-hydrogen) atoms. The molecule has 0 bridgehead atoms. The van der Waals surface area contributed by atoms with Crippen molar-refractivity contribution >= 4 is 30.3 Å². The summed E-state index contributed by atoms with van der Waals surface area (Å²) in [4.78, 5) is 13.9. The predicted octanol–water partition coefficient (Wildman–Crippen LogP) is 2.63. The normalized spacial score (nSPS) is 17.1. The van der Waals surface area contributed by atoms with E-state index in [0.717, 1.165) is 37.5 Å². The molecule has 0 amide bonds. The smallest absolute Gasteiger partial charge is 0.451 e. The quantitative estimate of drug-likeness (QED) is 0.331. The molecule has 0 saturated carbocycles. The van der Waals surface area contributed by atoms with Crippen LogP contribution >= 0.6 is 11.6 Å². The highest BCUT2D eigenvalue weighted by atomic mass is 35.5. The van der Waals surface area contributed by atoms with Gasteiger partial charge in [0.15, 0.2) is 0 Å². The lowest BCUT2D eigenvalue weighted by Gasteiger charge is -2.29. The van der Waals surface area contributed by atoms with E-state index in [-0.39, 0.29) is 6.32 Å². The third-order valence-electron chi connectivity index (χ3n) is 5.37. The third kappa shape index (κ3) is 7.22. The molecule has 1 aromatic carbocycles. The molecular weight excluding hydrogens is 378 g/mol. The van der Waals surface area contributed by atoms with Crippen LogP contribution in [0.15, 0.2) is 30.3 Å². The molecule has 6 nitrogen and oxygen atoms in total. The fraction of sp³-hybridized carbons (Fsp3) is 0.550. The van der Waals surface area contributed by atoms with Crippen molar-refractivity contribution in [3.63, 3.8) is 0 Å². The van der Waals surface area contributed by atoms with Gasteiger partial charge in [-0.25, -0.2) is 0 Å². The molecule has 0 fully saturated rings. The van der Waals surface area contributed by atoms with Gasteiger partial charge in [-0.2, -0.15) is 0 Å². The summed E-state index contributed by atoms with van der Waals surface area (Å²) in [5.41, 5.74) is 7.38. The first-order valence-electron chi connectivity index (χ1n) is 9.86. The van der Waals surface area contributed by atoms with Crippen molar-refractivity contribution < 1.29 is 19.9 Å². The zero-order chi connectivity index (χ0) is 20.6. The van der Waals surface area contributed by atoms with E-state index in [1.54, 1.807) is 0 Å². The van der Waals surface area contributed by atoms with Crippen LogP contribution in [-0.4, -0.2) is 58.3 Å². The van der Waals surface area contributed by atoms with Gasteiger partial charge in [0, 0.05) is 18.1 Å². The molecule has 0 saturated heterocycles. The van der Waals surface area contributed by atoms with Crippen LogP contribution in [-0.2, 0) is 4.79 Å². The van der Waals surface area contributed by atoms with Gasteiger partial charge in [0.2, 0.25) is 0 Å². The number of carboxylic acids is 1. The summed E-state index contributed by atoms with van der Waals surface area (Å²) in [5, 5.41) is 28.0. The lowest BCUT2D eigenvalue weighted by atomic mass is 9.81. The lowest BCUT2D eigenvalue weighted by Crippen LogP contribution is -2.48. The van der Waals surface area contributed by atoms with E-state index in [4.69, 9.17) is 27.4 Å². The third-order valence-corrected chi connectivity index (χ3v) is 5.62. The summed E-state index contributed by atoms with van der Waals surface area (Å²) >= 11 is 5.94. The molecule has 0 spiro atoms. The number of hydrogen-bond donors (Lipinski definition) is 4. The maximum absolute atomic E-state index is 11.6. The number of carbonyl (C=O) groups is 1. The Morgan fingerprint density at radius 1 is 1.18 bits per heavy atom. The molecule has 5 N–H and O–H groups in total. The predicted molar refractivity (Wildman–Crippen MR) is 113 cm³/mol. The van der Waals surface area contributed by atoms with Gasteiger partial charge in [0.25, 0.3) is 0 Å². The zero-order valence-corrected chi connectivity index (χ0v) is 16.9. The fourth-order valence-corrected chi connectivity index (χ4v) is 3.69. The monoisotopic (exact) mass is 408 g/mol. The Morgan fingerprint density at radius 2 is 1.86 bits per heavy atom. The first-order chi connectivity index (χ1) is 13.3. The summed E-state index contributed by atoms with van der Waals surface area (Å²) in [6.07, 6.45) is 6.01. The first kappa shape index (κ1) is 22.9. The molecule has 0 aliphatic carbocycles. The number of hydrogen-bond acceptors (Lipinski definition) is 5. The zero-order valence-electron chi connectivity index (χ0n) is 16.2. The maximum Gasteiger partial charge on any atom is 0.451 e. The highest BCUT2D eigenvalue weighted by molar-refractivity contribution is 6.40. The molecule has 1 unspecified atom stereocenters. The molecule has 1 aromatic rings. The Balaban J connectivity index is 1.76. The summed E-state index contributed by atoms with van der Waals surface area (Å²) < 4.78 is 0. The van der Waals surface area contributed by atoms with Crippen LogP contribution in [0, 0.1) is 0 Å². The minimum atomic E-state index is -1.35. The highest BCUT2D eigenvalue weighted by Crippen LogP contribution is 2.25. The molecule has 1 heterocycles. The average Bonchev–Trinajstić information content (AvgIpc) is 2.66. The molecule has 1 aliphatic heterocycles. The van der Waals surface area contributed by atoms with Crippen molar-refractivity contribution in [2.24, 2.45) is 5.73 Å². The second kappa shape index (κ2) is 11.0. The van der Waals surface area contributed by atoms with Gasteiger partial charge < -0.3 is 20.9 Å². The second-order valence-electron chi connectivity index (χ2n) is 7.58. The number of halogens is 1. The summed E-state index contributed by atoms with van der Waals surface area (Å²) in [5.74, 6) is -0.986. The number of benzene rings is 1. The van der Waals surface area contributed by atoms with Crippen molar-refractivity contribution in [3.8, 4) is 0 Å². The van der Waals surface area contributed by atoms with Gasteiger partial charge in [0.05, 0.1) is 0 Å². The van der Waals surface area contributed by atoms with Crippen LogP contribution in [0.3, 0.4) is 0 Å². The Labute approximate surface area is 172 Å². The molecule has 1 aliphatic rings. The molecule has 1 atom stereocenters. The molecule has 154 valence electrons. The Bertz CT molecular complexity index is 669. The maximum atomic E-state index is 11.6. The number of rotatable bonds is 11. The average molecular weight is 409 g/mol.